The van der Waals surface area contributed by atoms with Gasteiger partial charge >= 0.3 is 17.9 Å². The Morgan fingerprint density at radius 3 is 1.59 bits per heavy atom. The van der Waals surface area contributed by atoms with Crippen molar-refractivity contribution >= 4 is 23.8 Å². The first-order valence-electron chi connectivity index (χ1n) is 14.7. The van der Waals surface area contributed by atoms with Crippen LogP contribution in [0.3, 0.4) is 0 Å². The summed E-state index contributed by atoms with van der Waals surface area (Å²) in [5.41, 5.74) is 1.58. The second kappa shape index (κ2) is 15.6. The third-order valence-corrected chi connectivity index (χ3v) is 7.17. The highest BCUT2D eigenvalue weighted by Crippen LogP contribution is 2.30. The summed E-state index contributed by atoms with van der Waals surface area (Å²) >= 11 is 0. The van der Waals surface area contributed by atoms with Gasteiger partial charge in [-0.1, -0.05) is 84.9 Å². The summed E-state index contributed by atoms with van der Waals surface area (Å²) in [5, 5.41) is 2.76. The Morgan fingerprint density at radius 2 is 1.09 bits per heavy atom. The van der Waals surface area contributed by atoms with Crippen molar-refractivity contribution in [2.24, 2.45) is 0 Å². The maximum atomic E-state index is 13.4. The molecule has 0 radical (unpaired) electrons. The highest BCUT2D eigenvalue weighted by molar-refractivity contribution is 5.91. The summed E-state index contributed by atoms with van der Waals surface area (Å²) in [6.07, 6.45) is -5.03. The zero-order chi connectivity index (χ0) is 32.3. The Labute approximate surface area is 266 Å². The van der Waals surface area contributed by atoms with E-state index in [-0.39, 0.29) is 17.7 Å². The van der Waals surface area contributed by atoms with E-state index in [0.717, 1.165) is 5.56 Å². The minimum absolute atomic E-state index is 0.0753. The van der Waals surface area contributed by atoms with Crippen molar-refractivity contribution in [3.63, 3.8) is 0 Å². The third-order valence-electron chi connectivity index (χ3n) is 7.17. The topological polar surface area (TPSA) is 126 Å². The summed E-state index contributed by atoms with van der Waals surface area (Å²) in [6.45, 7) is 0.979. The molecule has 5 atom stereocenters. The molecule has 4 aromatic carbocycles. The Morgan fingerprint density at radius 1 is 0.630 bits per heavy atom. The summed E-state index contributed by atoms with van der Waals surface area (Å²) in [5.74, 6) is -2.57. The minimum atomic E-state index is -1.34. The van der Waals surface area contributed by atoms with E-state index in [1.54, 1.807) is 91.0 Å². The van der Waals surface area contributed by atoms with Gasteiger partial charge in [-0.3, -0.25) is 4.79 Å². The van der Waals surface area contributed by atoms with Crippen LogP contribution < -0.4 is 5.32 Å². The lowest BCUT2D eigenvalue weighted by molar-refractivity contribution is -0.272. The van der Waals surface area contributed by atoms with Gasteiger partial charge in [-0.2, -0.15) is 0 Å². The number of carbonyl (C=O) groups excluding carboxylic acids is 4. The number of carbonyl (C=O) groups is 4. The first-order valence-corrected chi connectivity index (χ1v) is 14.7. The van der Waals surface area contributed by atoms with Crippen LogP contribution in [0.2, 0.25) is 0 Å². The van der Waals surface area contributed by atoms with Gasteiger partial charge in [-0.05, 0) is 42.0 Å². The molecule has 1 amide bonds. The monoisotopic (exact) mass is 623 g/mol. The smallest absolute Gasteiger partial charge is 0.338 e. The van der Waals surface area contributed by atoms with Crippen molar-refractivity contribution in [3.8, 4) is 0 Å². The van der Waals surface area contributed by atoms with Gasteiger partial charge in [0, 0.05) is 6.92 Å². The van der Waals surface area contributed by atoms with Crippen molar-refractivity contribution < 1.29 is 42.9 Å². The van der Waals surface area contributed by atoms with Gasteiger partial charge in [0.25, 0.3) is 0 Å². The molecule has 4 aromatic rings. The first kappa shape index (κ1) is 32.1. The Kier molecular flexibility index (Phi) is 10.9. The predicted molar refractivity (Wildman–Crippen MR) is 166 cm³/mol. The molecule has 5 rings (SSSR count). The maximum Gasteiger partial charge on any atom is 0.338 e. The number of benzene rings is 4. The average Bonchev–Trinajstić information content (AvgIpc) is 3.09. The summed E-state index contributed by atoms with van der Waals surface area (Å²) in [7, 11) is 0. The molecule has 1 aliphatic rings. The Bertz CT molecular complexity index is 1600. The fraction of sp³-hybridized carbons (Fsp3) is 0.222. The van der Waals surface area contributed by atoms with E-state index in [2.05, 4.69) is 5.32 Å². The van der Waals surface area contributed by atoms with E-state index in [0.29, 0.717) is 5.56 Å². The molecule has 0 spiro atoms. The predicted octanol–water partition coefficient (Wildman–Crippen LogP) is 4.74. The minimum Gasteiger partial charge on any atom is -0.459 e. The Hall–Kier alpha value is -5.32. The van der Waals surface area contributed by atoms with E-state index in [1.807, 2.05) is 30.3 Å². The molecule has 5 unspecified atom stereocenters. The summed E-state index contributed by atoms with van der Waals surface area (Å²) in [6, 6.07) is 33.0. The molecule has 1 N–H and O–H groups in total. The van der Waals surface area contributed by atoms with E-state index in [1.165, 1.54) is 6.92 Å². The zero-order valence-electron chi connectivity index (χ0n) is 25.0. The largest absolute Gasteiger partial charge is 0.459 e. The average molecular weight is 624 g/mol. The first-order chi connectivity index (χ1) is 22.4. The van der Waals surface area contributed by atoms with E-state index >= 15 is 0 Å². The van der Waals surface area contributed by atoms with Gasteiger partial charge < -0.3 is 29.0 Å². The summed E-state index contributed by atoms with van der Waals surface area (Å²) < 4.78 is 30.0. The molecular weight excluding hydrogens is 590 g/mol. The number of esters is 3. The van der Waals surface area contributed by atoms with Crippen molar-refractivity contribution in [2.75, 3.05) is 6.61 Å². The van der Waals surface area contributed by atoms with Crippen molar-refractivity contribution in [1.82, 2.24) is 5.32 Å². The van der Waals surface area contributed by atoms with Crippen molar-refractivity contribution in [3.05, 3.63) is 144 Å². The highest BCUT2D eigenvalue weighted by atomic mass is 16.7. The molecule has 46 heavy (non-hydrogen) atoms. The molecule has 10 nitrogen and oxygen atoms in total. The number of ether oxygens (including phenoxy) is 5. The number of amides is 1. The second-order valence-corrected chi connectivity index (χ2v) is 10.5. The standard InChI is InChI=1S/C36H33NO9/c1-24(38)37-30-32(46-35(41)28-20-12-5-13-21-28)31(45-34(40)27-18-10-4-11-19-27)29(23-42-33(39)26-16-8-3-9-17-26)44-36(30)43-22-25-14-6-2-7-15-25/h2-21,29-32,36H,22-23H2,1H3,(H,37,38). The highest BCUT2D eigenvalue weighted by Gasteiger charge is 2.52. The molecule has 0 aromatic heterocycles. The van der Waals surface area contributed by atoms with Gasteiger partial charge in [-0.25, -0.2) is 14.4 Å². The molecule has 0 bridgehead atoms. The number of hydrogen-bond donors (Lipinski definition) is 1. The maximum absolute atomic E-state index is 13.4. The number of hydrogen-bond acceptors (Lipinski definition) is 9. The van der Waals surface area contributed by atoms with E-state index in [9.17, 15) is 19.2 Å². The van der Waals surface area contributed by atoms with Gasteiger partial charge in [0.05, 0.1) is 23.3 Å². The molecule has 1 aliphatic heterocycles. The van der Waals surface area contributed by atoms with Crippen LogP contribution in [-0.4, -0.2) is 61.1 Å². The molecule has 0 saturated carbocycles. The van der Waals surface area contributed by atoms with Crippen LogP contribution in [0.25, 0.3) is 0 Å². The van der Waals surface area contributed by atoms with Crippen LogP contribution in [0.5, 0.6) is 0 Å². The van der Waals surface area contributed by atoms with Crippen LogP contribution in [-0.2, 0) is 35.1 Å². The molecule has 0 aliphatic carbocycles. The normalized spacial score (nSPS) is 20.6. The van der Waals surface area contributed by atoms with Crippen molar-refractivity contribution in [1.29, 1.82) is 0 Å². The van der Waals surface area contributed by atoms with Gasteiger partial charge in [-0.15, -0.1) is 0 Å². The second-order valence-electron chi connectivity index (χ2n) is 10.5. The lowest BCUT2D eigenvalue weighted by atomic mass is 9.95. The molecule has 1 saturated heterocycles. The zero-order valence-corrected chi connectivity index (χ0v) is 25.0. The van der Waals surface area contributed by atoms with Crippen LogP contribution in [0.4, 0.5) is 0 Å². The van der Waals surface area contributed by atoms with E-state index < -0.39 is 61.1 Å². The molecule has 236 valence electrons. The van der Waals surface area contributed by atoms with Crippen LogP contribution in [0.1, 0.15) is 43.6 Å². The van der Waals surface area contributed by atoms with Crippen LogP contribution in [0, 0.1) is 0 Å². The number of nitrogens with one attached hydrogen (secondary N) is 1. The van der Waals surface area contributed by atoms with Gasteiger partial charge in [0.2, 0.25) is 5.91 Å². The fourth-order valence-electron chi connectivity index (χ4n) is 4.95. The summed E-state index contributed by atoms with van der Waals surface area (Å²) in [4.78, 5) is 52.3. The van der Waals surface area contributed by atoms with Crippen LogP contribution >= 0.6 is 0 Å². The quantitative estimate of drug-likeness (QED) is 0.186. The van der Waals surface area contributed by atoms with Gasteiger partial charge in [0.15, 0.2) is 18.5 Å². The molecule has 1 fully saturated rings. The third kappa shape index (κ3) is 8.44. The van der Waals surface area contributed by atoms with Gasteiger partial charge in [0.1, 0.15) is 18.8 Å². The van der Waals surface area contributed by atoms with E-state index in [4.69, 9.17) is 23.7 Å². The molecular formula is C36H33NO9. The Balaban J connectivity index is 1.50. The lowest BCUT2D eigenvalue weighted by Crippen LogP contribution is -2.66. The van der Waals surface area contributed by atoms with Crippen LogP contribution in [0.15, 0.2) is 121 Å². The lowest BCUT2D eigenvalue weighted by Gasteiger charge is -2.45. The SMILES string of the molecule is CC(=O)NC1C(OCc2ccccc2)OC(COC(=O)c2ccccc2)C(OC(=O)c2ccccc2)C1OC(=O)c1ccccc1. The molecule has 1 heterocycles. The molecule has 10 heteroatoms. The number of rotatable bonds is 11. The fourth-order valence-corrected chi connectivity index (χ4v) is 4.95. The van der Waals surface area contributed by atoms with Crippen molar-refractivity contribution in [2.45, 2.75) is 44.2 Å².